The molecule has 0 radical (unpaired) electrons. The third kappa shape index (κ3) is 8.12. The first-order valence-corrected chi connectivity index (χ1v) is 24.1. The molecule has 0 saturated carbocycles. The molecule has 2 aliphatic rings. The number of rotatable bonds is 6. The Bertz CT molecular complexity index is 4090. The maximum atomic E-state index is 4.69. The monoisotopic (exact) mass is 1320 g/mol. The number of benzene rings is 8. The van der Waals surface area contributed by atoms with Crippen LogP contribution in [0.3, 0.4) is 0 Å². The Morgan fingerprint density at radius 3 is 1.23 bits per heavy atom. The van der Waals surface area contributed by atoms with Crippen molar-refractivity contribution in [3.8, 4) is 22.7 Å². The fourth-order valence-electron chi connectivity index (χ4n) is 10.6. The zero-order valence-electron chi connectivity index (χ0n) is 41.4. The van der Waals surface area contributed by atoms with Gasteiger partial charge in [-0.2, -0.15) is 47.8 Å². The summed E-state index contributed by atoms with van der Waals surface area (Å²) in [5.74, 6) is 0. The molecule has 0 spiro atoms. The molecular weight excluding hydrogens is 1270 g/mol. The third-order valence-electron chi connectivity index (χ3n) is 13.8. The van der Waals surface area contributed by atoms with E-state index in [-0.39, 0.29) is 42.1 Å². The van der Waals surface area contributed by atoms with Gasteiger partial charge in [0.25, 0.3) is 0 Å². The van der Waals surface area contributed by atoms with Gasteiger partial charge in [0.2, 0.25) is 0 Å². The fourth-order valence-corrected chi connectivity index (χ4v) is 10.6. The predicted molar refractivity (Wildman–Crippen MR) is 293 cm³/mol. The van der Waals surface area contributed by atoms with E-state index in [4.69, 9.17) is 5.10 Å². The quantitative estimate of drug-likeness (QED) is 0.155. The van der Waals surface area contributed by atoms with Gasteiger partial charge in [-0.15, -0.1) is 82.8 Å². The molecule has 2 aliphatic heterocycles. The van der Waals surface area contributed by atoms with E-state index in [1.807, 2.05) is 23.2 Å². The summed E-state index contributed by atoms with van der Waals surface area (Å²) in [5.41, 5.74) is 18.9. The molecule has 0 atom stereocenters. The van der Waals surface area contributed by atoms with Crippen LogP contribution in [0.2, 0.25) is 0 Å². The van der Waals surface area contributed by atoms with Crippen LogP contribution in [0.25, 0.3) is 66.4 Å². The number of aryl methyl sites for hydroxylation is 4. The maximum absolute atomic E-state index is 4.69. The average Bonchev–Trinajstić information content (AvgIpc) is 4.26. The first kappa shape index (κ1) is 48.6. The van der Waals surface area contributed by atoms with Gasteiger partial charge in [-0.05, 0) is 112 Å². The molecule has 6 heterocycles. The van der Waals surface area contributed by atoms with Gasteiger partial charge in [-0.3, -0.25) is 9.36 Å². The number of nitrogens with zero attached hydrogens (tertiary/aromatic N) is 10. The van der Waals surface area contributed by atoms with Crippen molar-refractivity contribution in [1.82, 2.24) is 28.7 Å². The van der Waals surface area contributed by atoms with Crippen molar-refractivity contribution in [3.05, 3.63) is 230 Å². The van der Waals surface area contributed by atoms with Crippen molar-refractivity contribution in [2.75, 3.05) is 33.7 Å². The smallest absolute Gasteiger partial charge is 0.0600 e. The van der Waals surface area contributed by atoms with Crippen LogP contribution < -0.4 is 19.6 Å². The normalized spacial score (nSPS) is 12.8. The molecule has 0 N–H and O–H groups in total. The fraction of sp³-hybridized carbons (Fsp3) is 0.0968. The second-order valence-electron chi connectivity index (χ2n) is 18.6. The summed E-state index contributed by atoms with van der Waals surface area (Å²) in [4.78, 5) is 8.68. The van der Waals surface area contributed by atoms with Crippen molar-refractivity contribution < 1.29 is 42.1 Å². The Hall–Kier alpha value is -7.64. The van der Waals surface area contributed by atoms with E-state index in [0.29, 0.717) is 0 Å². The molecule has 0 aliphatic carbocycles. The topological polar surface area (TPSA) is 58.5 Å². The van der Waals surface area contributed by atoms with E-state index in [1.54, 1.807) is 0 Å². The van der Waals surface area contributed by atoms with Crippen LogP contribution in [0.15, 0.2) is 170 Å². The molecule has 4 aromatic heterocycles. The van der Waals surface area contributed by atoms with Gasteiger partial charge in [-0.1, -0.05) is 83.1 Å². The molecule has 0 bridgehead atoms. The predicted octanol–water partition coefficient (Wildman–Crippen LogP) is 13.8. The summed E-state index contributed by atoms with van der Waals surface area (Å²) >= 11 is 0. The van der Waals surface area contributed by atoms with Crippen molar-refractivity contribution >= 4 is 77.7 Å². The Labute approximate surface area is 459 Å². The largest absolute Gasteiger partial charge is 0.504 e. The number of aromatic nitrogens is 6. The molecule has 12 heteroatoms. The van der Waals surface area contributed by atoms with Gasteiger partial charge >= 0.3 is 0 Å². The Morgan fingerprint density at radius 1 is 0.365 bits per heavy atom. The zero-order chi connectivity index (χ0) is 48.8. The molecule has 74 heavy (non-hydrogen) atoms. The second kappa shape index (κ2) is 19.3. The SMILES string of the molecule is Cc1cc(C)n(-c2[c-]c(-n3c4[c-]c(N5[CH-]N(C)c6ccccc65)ccc4c4ccccc43)ccc2)n1.Cc1cc(C)n(-c2[c-]c3c(cc2)c2ccccc2n3-c2[c-]c(N3[CH-]N(C)c4ccccc43)ccc2)n1.[Pt].[Pt]. The minimum atomic E-state index is 0. The third-order valence-corrected chi connectivity index (χ3v) is 13.8. The van der Waals surface area contributed by atoms with Gasteiger partial charge in [-0.25, -0.2) is 0 Å². The number of fused-ring (bicyclic) bond motifs is 8. The number of hydrogen-bond donors (Lipinski definition) is 0. The summed E-state index contributed by atoms with van der Waals surface area (Å²) < 4.78 is 8.43. The number of para-hydroxylation sites is 6. The Morgan fingerprint density at radius 2 is 0.743 bits per heavy atom. The van der Waals surface area contributed by atoms with Gasteiger partial charge in [0.15, 0.2) is 0 Å². The molecule has 10 nitrogen and oxygen atoms in total. The van der Waals surface area contributed by atoms with Crippen LogP contribution in [-0.4, -0.2) is 42.8 Å². The summed E-state index contributed by atoms with van der Waals surface area (Å²) in [6.45, 7) is 12.4. The van der Waals surface area contributed by atoms with Crippen LogP contribution >= 0.6 is 0 Å². The summed E-state index contributed by atoms with van der Waals surface area (Å²) in [5, 5.41) is 14.1. The van der Waals surface area contributed by atoms with Crippen molar-refractivity contribution in [1.29, 1.82) is 0 Å². The Balaban J connectivity index is 0.000000155. The van der Waals surface area contributed by atoms with E-state index in [1.165, 1.54) is 27.5 Å². The Kier molecular flexibility index (Phi) is 12.7. The zero-order valence-corrected chi connectivity index (χ0v) is 46.0. The summed E-state index contributed by atoms with van der Waals surface area (Å²) in [6, 6.07) is 74.0. The van der Waals surface area contributed by atoms with E-state index in [9.17, 15) is 0 Å². The van der Waals surface area contributed by atoms with E-state index >= 15 is 0 Å². The number of anilines is 6. The van der Waals surface area contributed by atoms with Gasteiger partial charge in [0.05, 0.1) is 11.4 Å². The standard InChI is InChI=1S/2C31H24N5.2Pt/c1-21-17-22(2)36(32-21)25-10-8-9-24(18-25)35-28-12-5-4-11-26(28)27-16-15-23(19-31(27)35)34-20-33(3)29-13-6-7-14-30(29)34;1-21-17-22(2)36(32-21)25-15-16-27-26-11-4-5-12-28(26)35(31(27)19-25)24-10-8-9-23(18-24)34-20-33(3)29-13-6-7-14-30(29)34;;/h2*4-17,20H,1-3H3;;/q2*-3;;. The molecule has 0 amide bonds. The molecule has 372 valence electrons. The van der Waals surface area contributed by atoms with Crippen LogP contribution in [0.4, 0.5) is 34.1 Å². The van der Waals surface area contributed by atoms with Gasteiger partial charge in [0, 0.05) is 87.3 Å². The first-order valence-electron chi connectivity index (χ1n) is 24.1. The van der Waals surface area contributed by atoms with Gasteiger partial charge in [0.1, 0.15) is 0 Å². The van der Waals surface area contributed by atoms with Crippen LogP contribution in [-0.2, 0) is 42.1 Å². The van der Waals surface area contributed by atoms with Crippen molar-refractivity contribution in [2.24, 2.45) is 0 Å². The minimum Gasteiger partial charge on any atom is -0.504 e. The second-order valence-corrected chi connectivity index (χ2v) is 18.6. The van der Waals surface area contributed by atoms with Crippen molar-refractivity contribution in [2.45, 2.75) is 27.7 Å². The molecule has 12 aromatic rings. The maximum Gasteiger partial charge on any atom is 0.0600 e. The van der Waals surface area contributed by atoms with Gasteiger partial charge < -0.3 is 28.7 Å². The number of hydrogen-bond acceptors (Lipinski definition) is 6. The molecule has 0 saturated heterocycles. The molecule has 0 unspecified atom stereocenters. The van der Waals surface area contributed by atoms with Crippen LogP contribution in [0.5, 0.6) is 0 Å². The van der Waals surface area contributed by atoms with E-state index < -0.39 is 0 Å². The summed E-state index contributed by atoms with van der Waals surface area (Å²) in [7, 11) is 4.15. The van der Waals surface area contributed by atoms with Crippen LogP contribution in [0, 0.1) is 65.3 Å². The molecule has 8 aromatic carbocycles. The minimum absolute atomic E-state index is 0. The van der Waals surface area contributed by atoms with E-state index in [0.717, 1.165) is 95.7 Å². The first-order chi connectivity index (χ1) is 35.2. The van der Waals surface area contributed by atoms with E-state index in [2.05, 4.69) is 269 Å². The molecular formula is C62H48N10Pt2-6. The molecule has 0 fully saturated rings. The van der Waals surface area contributed by atoms with Crippen LogP contribution in [0.1, 0.15) is 22.8 Å². The van der Waals surface area contributed by atoms with Crippen molar-refractivity contribution in [3.63, 3.8) is 0 Å². The average molecular weight is 1320 g/mol. The molecule has 14 rings (SSSR count). The summed E-state index contributed by atoms with van der Waals surface area (Å²) in [6.07, 6.45) is 0.